The Kier molecular flexibility index (Phi) is 7.34. The molecule has 1 amide bonds. The van der Waals surface area contributed by atoms with Gasteiger partial charge in [0, 0.05) is 0 Å². The summed E-state index contributed by atoms with van der Waals surface area (Å²) in [4.78, 5) is 12.9. The van der Waals surface area contributed by atoms with Crippen LogP contribution < -0.4 is 5.73 Å². The molecule has 0 aromatic carbocycles. The molecule has 0 saturated heterocycles. The fourth-order valence-electron chi connectivity index (χ4n) is 1.53. The number of nitrogens with two attached hydrogens (primary N) is 1. The molecule has 0 aromatic heterocycles. The minimum absolute atomic E-state index is 0.0689. The van der Waals surface area contributed by atoms with Gasteiger partial charge in [0.15, 0.2) is 0 Å². The fourth-order valence-corrected chi connectivity index (χ4v) is 1.53. The summed E-state index contributed by atoms with van der Waals surface area (Å²) in [7, 11) is 0. The van der Waals surface area contributed by atoms with Crippen molar-refractivity contribution in [3.05, 3.63) is 0 Å². The second-order valence-corrected chi connectivity index (χ2v) is 4.03. The third-order valence-electron chi connectivity index (χ3n) is 2.86. The highest BCUT2D eigenvalue weighted by Crippen LogP contribution is 2.11. The maximum Gasteiger partial charge on any atom is 0.220 e. The van der Waals surface area contributed by atoms with Gasteiger partial charge in [-0.2, -0.15) is 0 Å². The highest BCUT2D eigenvalue weighted by molar-refractivity contribution is 5.74. The van der Waals surface area contributed by atoms with E-state index in [1.54, 1.807) is 0 Å². The van der Waals surface area contributed by atoms with E-state index in [4.69, 9.17) is 5.73 Å². The van der Waals surface area contributed by atoms with Gasteiger partial charge in [-0.25, -0.2) is 0 Å². The molecule has 0 aliphatic carbocycles. The third-order valence-corrected chi connectivity index (χ3v) is 2.86. The number of hydrogen-bond acceptors (Lipinski definition) is 3. The Bertz CT molecular complexity index is 181. The number of nitrogens with zero attached hydrogens (tertiary/aromatic N) is 1. The lowest BCUT2D eigenvalue weighted by molar-refractivity contribution is -0.120. The van der Waals surface area contributed by atoms with Crippen LogP contribution in [-0.2, 0) is 4.79 Å². The minimum Gasteiger partial charge on any atom is -0.392 e. The Morgan fingerprint density at radius 2 is 1.93 bits per heavy atom. The molecule has 0 spiro atoms. The Morgan fingerprint density at radius 1 is 1.40 bits per heavy atom. The number of carbonyl (C=O) groups excluding carboxylic acids is 1. The maximum atomic E-state index is 10.6. The Balaban J connectivity index is 3.80. The van der Waals surface area contributed by atoms with Gasteiger partial charge < -0.3 is 15.7 Å². The minimum atomic E-state index is -0.599. The second kappa shape index (κ2) is 7.65. The first-order chi connectivity index (χ1) is 7.01. The molecule has 0 aliphatic rings. The van der Waals surface area contributed by atoms with Gasteiger partial charge in [0.1, 0.15) is 0 Å². The zero-order valence-corrected chi connectivity index (χ0v) is 10.1. The average molecular weight is 216 g/mol. The molecule has 0 saturated carbocycles. The monoisotopic (exact) mass is 216 g/mol. The van der Waals surface area contributed by atoms with E-state index in [0.29, 0.717) is 0 Å². The van der Waals surface area contributed by atoms with E-state index in [2.05, 4.69) is 18.7 Å². The van der Waals surface area contributed by atoms with Gasteiger partial charge in [-0.05, 0) is 32.0 Å². The summed E-state index contributed by atoms with van der Waals surface area (Å²) in [5.41, 5.74) is 5.03. The first-order valence-electron chi connectivity index (χ1n) is 5.69. The van der Waals surface area contributed by atoms with Crippen molar-refractivity contribution >= 4 is 5.91 Å². The van der Waals surface area contributed by atoms with Crippen molar-refractivity contribution in [1.82, 2.24) is 4.90 Å². The highest BCUT2D eigenvalue weighted by Gasteiger charge is 2.16. The van der Waals surface area contributed by atoms with Crippen molar-refractivity contribution in [2.75, 3.05) is 19.6 Å². The van der Waals surface area contributed by atoms with Crippen LogP contribution in [0.15, 0.2) is 0 Å². The molecule has 4 heteroatoms. The van der Waals surface area contributed by atoms with Crippen LogP contribution in [0.3, 0.4) is 0 Å². The Morgan fingerprint density at radius 3 is 2.33 bits per heavy atom. The SMILES string of the molecule is CCN(CC)CC[C@@H](C)[C@@H](O)CC(N)=O. The molecule has 3 N–H and O–H groups in total. The van der Waals surface area contributed by atoms with Crippen LogP contribution in [-0.4, -0.2) is 41.7 Å². The van der Waals surface area contributed by atoms with Crippen LogP contribution >= 0.6 is 0 Å². The van der Waals surface area contributed by atoms with Gasteiger partial charge in [0.05, 0.1) is 12.5 Å². The largest absolute Gasteiger partial charge is 0.392 e. The average Bonchev–Trinajstić information content (AvgIpc) is 2.18. The molecule has 0 aliphatic heterocycles. The van der Waals surface area contributed by atoms with E-state index in [1.807, 2.05) is 6.92 Å². The standard InChI is InChI=1S/C11H24N2O2/c1-4-13(5-2)7-6-9(3)10(14)8-11(12)15/h9-10,14H,4-8H2,1-3H3,(H2,12,15)/t9-,10+/m1/s1. The molecular weight excluding hydrogens is 192 g/mol. The molecule has 0 fully saturated rings. The molecule has 0 aromatic rings. The fraction of sp³-hybridized carbons (Fsp3) is 0.909. The van der Waals surface area contributed by atoms with E-state index < -0.39 is 12.0 Å². The lowest BCUT2D eigenvalue weighted by Gasteiger charge is -2.22. The Hall–Kier alpha value is -0.610. The molecule has 0 heterocycles. The van der Waals surface area contributed by atoms with Crippen LogP contribution in [0.5, 0.6) is 0 Å². The summed E-state index contributed by atoms with van der Waals surface area (Å²) in [6.45, 7) is 9.20. The molecule has 90 valence electrons. The van der Waals surface area contributed by atoms with Gasteiger partial charge in [-0.3, -0.25) is 4.79 Å². The van der Waals surface area contributed by atoms with Crippen molar-refractivity contribution in [2.24, 2.45) is 11.7 Å². The molecule has 0 unspecified atom stereocenters. The van der Waals surface area contributed by atoms with Gasteiger partial charge in [0.2, 0.25) is 5.91 Å². The number of aliphatic hydroxyl groups excluding tert-OH is 1. The lowest BCUT2D eigenvalue weighted by atomic mass is 9.98. The number of aliphatic hydroxyl groups is 1. The van der Waals surface area contributed by atoms with Crippen molar-refractivity contribution in [2.45, 2.75) is 39.7 Å². The van der Waals surface area contributed by atoms with E-state index in [0.717, 1.165) is 26.1 Å². The molecule has 4 nitrogen and oxygen atoms in total. The number of amides is 1. The summed E-state index contributed by atoms with van der Waals surface area (Å²) >= 11 is 0. The van der Waals surface area contributed by atoms with Crippen LogP contribution in [0.25, 0.3) is 0 Å². The Labute approximate surface area is 92.4 Å². The van der Waals surface area contributed by atoms with Gasteiger partial charge in [-0.15, -0.1) is 0 Å². The smallest absolute Gasteiger partial charge is 0.220 e. The number of primary amides is 1. The maximum absolute atomic E-state index is 10.6. The van der Waals surface area contributed by atoms with Gasteiger partial charge >= 0.3 is 0 Å². The summed E-state index contributed by atoms with van der Waals surface area (Å²) in [6.07, 6.45) is 0.369. The second-order valence-electron chi connectivity index (χ2n) is 4.03. The van der Waals surface area contributed by atoms with Crippen molar-refractivity contribution in [3.63, 3.8) is 0 Å². The summed E-state index contributed by atoms with van der Waals surface area (Å²) < 4.78 is 0. The number of carbonyl (C=O) groups is 1. The number of hydrogen-bond donors (Lipinski definition) is 2. The van der Waals surface area contributed by atoms with Crippen molar-refractivity contribution < 1.29 is 9.90 Å². The predicted octanol–water partition coefficient (Wildman–Crippen LogP) is 0.591. The van der Waals surface area contributed by atoms with Crippen molar-refractivity contribution in [1.29, 1.82) is 0 Å². The topological polar surface area (TPSA) is 66.6 Å². The van der Waals surface area contributed by atoms with E-state index >= 15 is 0 Å². The first-order valence-corrected chi connectivity index (χ1v) is 5.69. The third kappa shape index (κ3) is 6.47. The van der Waals surface area contributed by atoms with Crippen LogP contribution in [0.1, 0.15) is 33.6 Å². The molecule has 0 radical (unpaired) electrons. The highest BCUT2D eigenvalue weighted by atomic mass is 16.3. The summed E-state index contributed by atoms with van der Waals surface area (Å²) in [6, 6.07) is 0. The summed E-state index contributed by atoms with van der Waals surface area (Å²) in [5, 5.41) is 9.63. The van der Waals surface area contributed by atoms with Crippen LogP contribution in [0.4, 0.5) is 0 Å². The van der Waals surface area contributed by atoms with E-state index in [1.165, 1.54) is 0 Å². The predicted molar refractivity (Wildman–Crippen MR) is 61.4 cm³/mol. The normalized spacial score (nSPS) is 15.3. The first kappa shape index (κ1) is 14.4. The molecular formula is C11H24N2O2. The molecule has 0 bridgehead atoms. The molecule has 2 atom stereocenters. The van der Waals surface area contributed by atoms with Crippen LogP contribution in [0, 0.1) is 5.92 Å². The van der Waals surface area contributed by atoms with E-state index in [-0.39, 0.29) is 12.3 Å². The summed E-state index contributed by atoms with van der Waals surface area (Å²) in [5.74, 6) is -0.310. The zero-order valence-electron chi connectivity index (χ0n) is 10.1. The lowest BCUT2D eigenvalue weighted by Crippen LogP contribution is -2.30. The van der Waals surface area contributed by atoms with Gasteiger partial charge in [-0.1, -0.05) is 20.8 Å². The zero-order chi connectivity index (χ0) is 11.8. The van der Waals surface area contributed by atoms with E-state index in [9.17, 15) is 9.90 Å². The number of rotatable bonds is 8. The quantitative estimate of drug-likeness (QED) is 0.624. The molecule has 15 heavy (non-hydrogen) atoms. The van der Waals surface area contributed by atoms with Gasteiger partial charge in [0.25, 0.3) is 0 Å². The van der Waals surface area contributed by atoms with Crippen molar-refractivity contribution in [3.8, 4) is 0 Å². The molecule has 0 rings (SSSR count). The van der Waals surface area contributed by atoms with Crippen LogP contribution in [0.2, 0.25) is 0 Å².